The van der Waals surface area contributed by atoms with Crippen LogP contribution in [0, 0.1) is 5.92 Å². The monoisotopic (exact) mass is 375 g/mol. The molecule has 0 spiro atoms. The molecule has 1 unspecified atom stereocenters. The molecular formula is C16H29N3O5S. The molecule has 0 radical (unpaired) electrons. The van der Waals surface area contributed by atoms with Gasteiger partial charge >= 0.3 is 6.09 Å². The number of carbonyl (C=O) groups excluding carboxylic acids is 2. The fraction of sp³-hybridized carbons (Fsp3) is 0.875. The third-order valence-corrected chi connectivity index (χ3v) is 5.06. The van der Waals surface area contributed by atoms with E-state index < -0.39 is 21.7 Å². The van der Waals surface area contributed by atoms with Crippen LogP contribution in [0.2, 0.25) is 0 Å². The molecule has 8 nitrogen and oxygen atoms in total. The topological polar surface area (TPSA) is 96.0 Å². The minimum atomic E-state index is -3.29. The summed E-state index contributed by atoms with van der Waals surface area (Å²) >= 11 is 0. The van der Waals surface area contributed by atoms with E-state index in [1.807, 2.05) is 20.8 Å². The van der Waals surface area contributed by atoms with Crippen LogP contribution in [0.15, 0.2) is 0 Å². The van der Waals surface area contributed by atoms with Crippen LogP contribution in [0.1, 0.15) is 40.0 Å². The highest BCUT2D eigenvalue weighted by molar-refractivity contribution is 7.88. The first-order valence-corrected chi connectivity index (χ1v) is 10.6. The molecule has 1 N–H and O–H groups in total. The second-order valence-electron chi connectivity index (χ2n) is 7.93. The van der Waals surface area contributed by atoms with Crippen LogP contribution in [-0.4, -0.2) is 74.3 Å². The first-order chi connectivity index (χ1) is 11.4. The summed E-state index contributed by atoms with van der Waals surface area (Å²) in [4.78, 5) is 28.1. The maximum atomic E-state index is 12.7. The lowest BCUT2D eigenvalue weighted by Gasteiger charge is -2.34. The Bertz CT molecular complexity index is 614. The molecule has 2 fully saturated rings. The van der Waals surface area contributed by atoms with Crippen LogP contribution in [0.3, 0.4) is 0 Å². The van der Waals surface area contributed by atoms with Gasteiger partial charge in [0.2, 0.25) is 15.9 Å². The molecule has 2 amide bonds. The summed E-state index contributed by atoms with van der Waals surface area (Å²) in [6.45, 7) is 7.31. The van der Waals surface area contributed by atoms with Crippen LogP contribution in [-0.2, 0) is 19.6 Å². The quantitative estimate of drug-likeness (QED) is 0.786. The fourth-order valence-electron chi connectivity index (χ4n) is 3.29. The van der Waals surface area contributed by atoms with E-state index >= 15 is 0 Å². The average molecular weight is 375 g/mol. The predicted octanol–water partition coefficient (Wildman–Crippen LogP) is 0.784. The third-order valence-electron chi connectivity index (χ3n) is 4.30. The number of hydrogen-bond donors (Lipinski definition) is 1. The van der Waals surface area contributed by atoms with Gasteiger partial charge in [0.25, 0.3) is 0 Å². The number of nitrogens with zero attached hydrogens (tertiary/aromatic N) is 2. The number of sulfonamides is 1. The van der Waals surface area contributed by atoms with E-state index in [0.717, 1.165) is 19.1 Å². The molecule has 2 saturated heterocycles. The van der Waals surface area contributed by atoms with Crippen molar-refractivity contribution in [2.75, 3.05) is 32.4 Å². The van der Waals surface area contributed by atoms with Gasteiger partial charge in [-0.1, -0.05) is 0 Å². The molecule has 2 rings (SSSR count). The molecule has 2 heterocycles. The minimum Gasteiger partial charge on any atom is -0.444 e. The van der Waals surface area contributed by atoms with Crippen molar-refractivity contribution in [1.29, 1.82) is 0 Å². The number of carbonyl (C=O) groups is 2. The first kappa shape index (κ1) is 20.0. The van der Waals surface area contributed by atoms with E-state index in [1.54, 1.807) is 9.80 Å². The van der Waals surface area contributed by atoms with Crippen molar-refractivity contribution in [2.45, 2.75) is 51.7 Å². The lowest BCUT2D eigenvalue weighted by Crippen LogP contribution is -2.51. The van der Waals surface area contributed by atoms with Crippen molar-refractivity contribution < 1.29 is 22.7 Å². The highest BCUT2D eigenvalue weighted by atomic mass is 32.2. The number of nitrogens with one attached hydrogen (secondary N) is 1. The number of piperidine rings is 1. The Morgan fingerprint density at radius 3 is 2.36 bits per heavy atom. The van der Waals surface area contributed by atoms with Gasteiger partial charge < -0.3 is 14.5 Å². The highest BCUT2D eigenvalue weighted by Crippen LogP contribution is 2.23. The molecule has 0 aliphatic carbocycles. The number of likely N-dealkylation sites (tertiary alicyclic amines) is 2. The second-order valence-corrected chi connectivity index (χ2v) is 9.71. The summed E-state index contributed by atoms with van der Waals surface area (Å²) in [6.07, 6.45) is 2.84. The summed E-state index contributed by atoms with van der Waals surface area (Å²) in [6, 6.07) is -0.240. The van der Waals surface area contributed by atoms with Crippen LogP contribution in [0.5, 0.6) is 0 Å². The van der Waals surface area contributed by atoms with Crippen LogP contribution in [0.25, 0.3) is 0 Å². The van der Waals surface area contributed by atoms with Crippen molar-refractivity contribution in [2.24, 2.45) is 5.92 Å². The van der Waals surface area contributed by atoms with Gasteiger partial charge in [-0.3, -0.25) is 4.79 Å². The Balaban J connectivity index is 1.90. The Labute approximate surface area is 149 Å². The van der Waals surface area contributed by atoms with Crippen molar-refractivity contribution in [3.05, 3.63) is 0 Å². The van der Waals surface area contributed by atoms with E-state index in [9.17, 15) is 18.0 Å². The summed E-state index contributed by atoms with van der Waals surface area (Å²) in [5.74, 6) is -0.254. The molecule has 144 valence electrons. The summed E-state index contributed by atoms with van der Waals surface area (Å²) in [5.41, 5.74) is -0.559. The van der Waals surface area contributed by atoms with Crippen LogP contribution < -0.4 is 4.72 Å². The Hall–Kier alpha value is -1.35. The summed E-state index contributed by atoms with van der Waals surface area (Å²) < 4.78 is 30.7. The number of rotatable bonds is 3. The van der Waals surface area contributed by atoms with Crippen molar-refractivity contribution in [1.82, 2.24) is 14.5 Å². The van der Waals surface area contributed by atoms with Gasteiger partial charge in [-0.15, -0.1) is 0 Å². The molecule has 2 aliphatic heterocycles. The highest BCUT2D eigenvalue weighted by Gasteiger charge is 2.36. The molecule has 9 heteroatoms. The van der Waals surface area contributed by atoms with Crippen molar-refractivity contribution in [3.63, 3.8) is 0 Å². The standard InChI is InChI=1S/C16H29N3O5S/c1-16(2,3)24-15(21)19-9-7-12(10-19)14(20)18-8-5-6-13(11-18)17-25(4,22)23/h12-13,17H,5-11H2,1-4H3/t12-,13?/m0/s1. The van der Waals surface area contributed by atoms with Gasteiger partial charge in [0.15, 0.2) is 0 Å². The zero-order chi connectivity index (χ0) is 18.8. The largest absolute Gasteiger partial charge is 0.444 e. The first-order valence-electron chi connectivity index (χ1n) is 8.68. The second kappa shape index (κ2) is 7.49. The van der Waals surface area contributed by atoms with E-state index in [0.29, 0.717) is 32.6 Å². The zero-order valence-electron chi connectivity index (χ0n) is 15.4. The van der Waals surface area contributed by atoms with Crippen LogP contribution >= 0.6 is 0 Å². The molecule has 2 aliphatic rings. The molecule has 0 aromatic carbocycles. The third kappa shape index (κ3) is 6.14. The molecule has 0 aromatic heterocycles. The fourth-order valence-corrected chi connectivity index (χ4v) is 4.09. The Morgan fingerprint density at radius 2 is 1.76 bits per heavy atom. The maximum absolute atomic E-state index is 12.7. The Morgan fingerprint density at radius 1 is 1.08 bits per heavy atom. The smallest absolute Gasteiger partial charge is 0.410 e. The molecule has 0 bridgehead atoms. The summed E-state index contributed by atoms with van der Waals surface area (Å²) in [5, 5.41) is 0. The molecule has 0 aromatic rings. The van der Waals surface area contributed by atoms with Gasteiger partial charge in [0, 0.05) is 32.2 Å². The number of amides is 2. The van der Waals surface area contributed by atoms with E-state index in [1.165, 1.54) is 0 Å². The maximum Gasteiger partial charge on any atom is 0.410 e. The number of hydrogen-bond acceptors (Lipinski definition) is 5. The Kier molecular flexibility index (Phi) is 5.98. The van der Waals surface area contributed by atoms with E-state index in [2.05, 4.69) is 4.72 Å². The van der Waals surface area contributed by atoms with Gasteiger partial charge in [0.1, 0.15) is 5.60 Å². The number of ether oxygens (including phenoxy) is 1. The lowest BCUT2D eigenvalue weighted by molar-refractivity contribution is -0.136. The van der Waals surface area contributed by atoms with Gasteiger partial charge in [0.05, 0.1) is 12.2 Å². The minimum absolute atomic E-state index is 0.00828. The van der Waals surface area contributed by atoms with Crippen molar-refractivity contribution in [3.8, 4) is 0 Å². The van der Waals surface area contributed by atoms with E-state index in [4.69, 9.17) is 4.74 Å². The van der Waals surface area contributed by atoms with Gasteiger partial charge in [-0.05, 0) is 40.0 Å². The predicted molar refractivity (Wildman–Crippen MR) is 93.5 cm³/mol. The summed E-state index contributed by atoms with van der Waals surface area (Å²) in [7, 11) is -3.29. The zero-order valence-corrected chi connectivity index (χ0v) is 16.3. The van der Waals surface area contributed by atoms with Gasteiger partial charge in [-0.2, -0.15) is 0 Å². The normalized spacial score (nSPS) is 25.1. The molecular weight excluding hydrogens is 346 g/mol. The van der Waals surface area contributed by atoms with Crippen molar-refractivity contribution >= 4 is 22.0 Å². The van der Waals surface area contributed by atoms with Gasteiger partial charge in [-0.25, -0.2) is 17.9 Å². The van der Waals surface area contributed by atoms with E-state index in [-0.39, 0.29) is 17.9 Å². The molecule has 2 atom stereocenters. The average Bonchev–Trinajstić information content (AvgIpc) is 2.93. The lowest BCUT2D eigenvalue weighted by atomic mass is 10.0. The SMILES string of the molecule is CC(C)(C)OC(=O)N1CC[C@H](C(=O)N2CCCC(NS(C)(=O)=O)C2)C1. The molecule has 0 saturated carbocycles. The molecule has 25 heavy (non-hydrogen) atoms. The van der Waals surface area contributed by atoms with Crippen LogP contribution in [0.4, 0.5) is 4.79 Å².